The lowest BCUT2D eigenvalue weighted by molar-refractivity contribution is -0.141. The van der Waals surface area contributed by atoms with Gasteiger partial charge in [-0.15, -0.1) is 0 Å². The molecule has 66 valence electrons. The summed E-state index contributed by atoms with van der Waals surface area (Å²) in [7, 11) is 1.65. The molecule has 0 aromatic carbocycles. The van der Waals surface area contributed by atoms with Gasteiger partial charge in [-0.05, 0) is 25.7 Å². The summed E-state index contributed by atoms with van der Waals surface area (Å²) < 4.78 is 5.39. The van der Waals surface area contributed by atoms with Crippen LogP contribution in [-0.4, -0.2) is 18.5 Å². The fraction of sp³-hybridized carbons (Fsp3) is 0.700. The van der Waals surface area contributed by atoms with Crippen molar-refractivity contribution in [3.8, 4) is 0 Å². The SMILES string of the molecule is COC1(C(C)=O)CC2C=CC1C2. The molecule has 1 saturated carbocycles. The van der Waals surface area contributed by atoms with Gasteiger partial charge in [-0.3, -0.25) is 4.79 Å². The smallest absolute Gasteiger partial charge is 0.162 e. The molecule has 0 aromatic rings. The van der Waals surface area contributed by atoms with E-state index in [-0.39, 0.29) is 5.78 Å². The lowest BCUT2D eigenvalue weighted by atomic mass is 9.85. The van der Waals surface area contributed by atoms with Gasteiger partial charge in [0.2, 0.25) is 0 Å². The molecular weight excluding hydrogens is 152 g/mol. The van der Waals surface area contributed by atoms with E-state index >= 15 is 0 Å². The largest absolute Gasteiger partial charge is 0.370 e. The zero-order valence-electron chi connectivity index (χ0n) is 7.54. The van der Waals surface area contributed by atoms with Crippen LogP contribution in [0.15, 0.2) is 12.2 Å². The van der Waals surface area contributed by atoms with Crippen molar-refractivity contribution in [2.75, 3.05) is 7.11 Å². The Morgan fingerprint density at radius 3 is 2.58 bits per heavy atom. The second kappa shape index (κ2) is 2.43. The zero-order chi connectivity index (χ0) is 8.77. The van der Waals surface area contributed by atoms with Gasteiger partial charge in [0, 0.05) is 13.0 Å². The second-order valence-electron chi connectivity index (χ2n) is 3.84. The number of ether oxygens (including phenoxy) is 1. The molecule has 0 aromatic heterocycles. The maximum absolute atomic E-state index is 11.4. The highest BCUT2D eigenvalue weighted by atomic mass is 16.5. The van der Waals surface area contributed by atoms with Gasteiger partial charge in [-0.2, -0.15) is 0 Å². The number of fused-ring (bicyclic) bond motifs is 2. The summed E-state index contributed by atoms with van der Waals surface area (Å²) >= 11 is 0. The molecule has 2 bridgehead atoms. The molecule has 0 amide bonds. The Hall–Kier alpha value is -0.630. The summed E-state index contributed by atoms with van der Waals surface area (Å²) in [6.45, 7) is 1.64. The Kier molecular flexibility index (Phi) is 1.62. The predicted molar refractivity (Wildman–Crippen MR) is 45.8 cm³/mol. The second-order valence-corrected chi connectivity index (χ2v) is 3.84. The third-order valence-electron chi connectivity index (χ3n) is 3.30. The minimum atomic E-state index is -0.473. The number of hydrogen-bond acceptors (Lipinski definition) is 2. The van der Waals surface area contributed by atoms with Gasteiger partial charge in [0.05, 0.1) is 0 Å². The molecule has 0 radical (unpaired) electrons. The number of Topliss-reactive ketones (excluding diaryl/α,β-unsaturated/α-hetero) is 1. The van der Waals surface area contributed by atoms with Crippen LogP contribution in [0.2, 0.25) is 0 Å². The van der Waals surface area contributed by atoms with Crippen molar-refractivity contribution in [2.24, 2.45) is 11.8 Å². The Labute approximate surface area is 72.6 Å². The van der Waals surface area contributed by atoms with E-state index in [2.05, 4.69) is 12.2 Å². The first-order valence-corrected chi connectivity index (χ1v) is 4.43. The summed E-state index contributed by atoms with van der Waals surface area (Å²) in [6, 6.07) is 0. The van der Waals surface area contributed by atoms with Gasteiger partial charge in [0.15, 0.2) is 5.78 Å². The van der Waals surface area contributed by atoms with Crippen LogP contribution in [0.25, 0.3) is 0 Å². The van der Waals surface area contributed by atoms with Crippen molar-refractivity contribution in [1.29, 1.82) is 0 Å². The number of carbonyl (C=O) groups excluding carboxylic acids is 1. The van der Waals surface area contributed by atoms with Gasteiger partial charge >= 0.3 is 0 Å². The van der Waals surface area contributed by atoms with Crippen LogP contribution in [0.4, 0.5) is 0 Å². The van der Waals surface area contributed by atoms with E-state index in [1.807, 2.05) is 0 Å². The molecule has 1 fully saturated rings. The van der Waals surface area contributed by atoms with E-state index in [4.69, 9.17) is 4.74 Å². The molecule has 3 atom stereocenters. The van der Waals surface area contributed by atoms with Crippen LogP contribution in [0, 0.1) is 11.8 Å². The molecule has 0 N–H and O–H groups in total. The molecule has 0 aliphatic heterocycles. The molecular formula is C10H14O2. The van der Waals surface area contributed by atoms with Crippen molar-refractivity contribution >= 4 is 5.78 Å². The molecule has 12 heavy (non-hydrogen) atoms. The molecule has 2 rings (SSSR count). The Morgan fingerprint density at radius 2 is 2.33 bits per heavy atom. The molecule has 2 nitrogen and oxygen atoms in total. The highest BCUT2D eigenvalue weighted by Crippen LogP contribution is 2.48. The minimum absolute atomic E-state index is 0.182. The predicted octanol–water partition coefficient (Wildman–Crippen LogP) is 1.56. The Morgan fingerprint density at radius 1 is 1.58 bits per heavy atom. The third-order valence-corrected chi connectivity index (χ3v) is 3.30. The normalized spacial score (nSPS) is 43.8. The van der Waals surface area contributed by atoms with Crippen LogP contribution < -0.4 is 0 Å². The van der Waals surface area contributed by atoms with Crippen molar-refractivity contribution in [3.05, 3.63) is 12.2 Å². The van der Waals surface area contributed by atoms with Crippen molar-refractivity contribution in [3.63, 3.8) is 0 Å². The number of carbonyl (C=O) groups is 1. The third kappa shape index (κ3) is 0.816. The number of ketones is 1. The van der Waals surface area contributed by atoms with Crippen LogP contribution in [0.1, 0.15) is 19.8 Å². The van der Waals surface area contributed by atoms with Gasteiger partial charge in [-0.25, -0.2) is 0 Å². The first-order valence-electron chi connectivity index (χ1n) is 4.43. The molecule has 2 aliphatic rings. The van der Waals surface area contributed by atoms with Crippen LogP contribution in [0.5, 0.6) is 0 Å². The fourth-order valence-electron chi connectivity index (χ4n) is 2.60. The molecule has 0 saturated heterocycles. The van der Waals surface area contributed by atoms with E-state index in [1.54, 1.807) is 14.0 Å². The highest BCUT2D eigenvalue weighted by molar-refractivity contribution is 5.86. The average Bonchev–Trinajstić information content (AvgIpc) is 2.62. The number of rotatable bonds is 2. The van der Waals surface area contributed by atoms with Crippen molar-refractivity contribution in [2.45, 2.75) is 25.4 Å². The number of methoxy groups -OCH3 is 1. The van der Waals surface area contributed by atoms with Gasteiger partial charge in [-0.1, -0.05) is 12.2 Å². The van der Waals surface area contributed by atoms with Crippen LogP contribution >= 0.6 is 0 Å². The molecule has 3 unspecified atom stereocenters. The molecule has 0 spiro atoms. The molecule has 2 aliphatic carbocycles. The first kappa shape index (κ1) is 7.99. The zero-order valence-corrected chi connectivity index (χ0v) is 7.54. The van der Waals surface area contributed by atoms with Crippen molar-refractivity contribution in [1.82, 2.24) is 0 Å². The number of hydrogen-bond donors (Lipinski definition) is 0. The summed E-state index contributed by atoms with van der Waals surface area (Å²) in [5, 5.41) is 0. The maximum atomic E-state index is 11.4. The fourth-order valence-corrected chi connectivity index (χ4v) is 2.60. The maximum Gasteiger partial charge on any atom is 0.162 e. The minimum Gasteiger partial charge on any atom is -0.370 e. The molecule has 2 heteroatoms. The summed E-state index contributed by atoms with van der Waals surface area (Å²) in [4.78, 5) is 11.4. The summed E-state index contributed by atoms with van der Waals surface area (Å²) in [5.41, 5.74) is -0.473. The standard InChI is InChI=1S/C10H14O2/c1-7(11)10(12-2)6-8-3-4-9(10)5-8/h3-4,8-9H,5-6H2,1-2H3. The highest BCUT2D eigenvalue weighted by Gasteiger charge is 2.51. The number of allylic oxidation sites excluding steroid dienone is 1. The monoisotopic (exact) mass is 166 g/mol. The lowest BCUT2D eigenvalue weighted by Gasteiger charge is -2.31. The van der Waals surface area contributed by atoms with Crippen LogP contribution in [0.3, 0.4) is 0 Å². The first-order chi connectivity index (χ1) is 5.69. The van der Waals surface area contributed by atoms with E-state index in [1.165, 1.54) is 0 Å². The van der Waals surface area contributed by atoms with E-state index in [0.717, 1.165) is 12.8 Å². The summed E-state index contributed by atoms with van der Waals surface area (Å²) in [5.74, 6) is 1.10. The Bertz CT molecular complexity index is 244. The quantitative estimate of drug-likeness (QED) is 0.582. The molecule has 0 heterocycles. The van der Waals surface area contributed by atoms with Crippen LogP contribution in [-0.2, 0) is 9.53 Å². The van der Waals surface area contributed by atoms with Gasteiger partial charge in [0.1, 0.15) is 5.60 Å². The topological polar surface area (TPSA) is 26.3 Å². The lowest BCUT2D eigenvalue weighted by Crippen LogP contribution is -2.43. The Balaban J connectivity index is 2.31. The van der Waals surface area contributed by atoms with Gasteiger partial charge in [0.25, 0.3) is 0 Å². The van der Waals surface area contributed by atoms with Gasteiger partial charge < -0.3 is 4.74 Å². The van der Waals surface area contributed by atoms with E-state index in [0.29, 0.717) is 11.8 Å². The van der Waals surface area contributed by atoms with Crippen molar-refractivity contribution < 1.29 is 9.53 Å². The average molecular weight is 166 g/mol. The van der Waals surface area contributed by atoms with E-state index < -0.39 is 5.60 Å². The summed E-state index contributed by atoms with van der Waals surface area (Å²) in [6.07, 6.45) is 6.34. The van der Waals surface area contributed by atoms with E-state index in [9.17, 15) is 4.79 Å².